The van der Waals surface area contributed by atoms with Gasteiger partial charge in [0.2, 0.25) is 0 Å². The van der Waals surface area contributed by atoms with Gasteiger partial charge in [-0.2, -0.15) is 0 Å². The molecular weight excluding hydrogens is 302 g/mol. The van der Waals surface area contributed by atoms with E-state index in [2.05, 4.69) is 10.2 Å². The Kier molecular flexibility index (Phi) is 4.00. The van der Waals surface area contributed by atoms with Crippen molar-refractivity contribution in [3.63, 3.8) is 0 Å². The number of aliphatic hydroxyl groups excluding tert-OH is 1. The number of hydrogen-bond donors (Lipinski definition) is 1. The number of rotatable bonds is 4. The van der Waals surface area contributed by atoms with E-state index >= 15 is 0 Å². The summed E-state index contributed by atoms with van der Waals surface area (Å²) >= 11 is 1.46. The molecule has 1 N–H and O–H groups in total. The van der Waals surface area contributed by atoms with Crippen molar-refractivity contribution in [2.75, 3.05) is 0 Å². The molecule has 0 unspecified atom stereocenters. The summed E-state index contributed by atoms with van der Waals surface area (Å²) in [5.74, 6) is 1.08. The van der Waals surface area contributed by atoms with Gasteiger partial charge in [-0.3, -0.25) is 0 Å². The van der Waals surface area contributed by atoms with E-state index in [0.29, 0.717) is 22.3 Å². The molecule has 0 amide bonds. The first-order valence-corrected chi connectivity index (χ1v) is 7.72. The monoisotopic (exact) mass is 317 g/mol. The van der Waals surface area contributed by atoms with Crippen molar-refractivity contribution in [3.05, 3.63) is 51.6 Å². The third-order valence-electron chi connectivity index (χ3n) is 3.41. The van der Waals surface area contributed by atoms with Crippen LogP contribution in [0.2, 0.25) is 0 Å². The molecule has 0 bridgehead atoms. The maximum Gasteiger partial charge on any atom is 0.336 e. The van der Waals surface area contributed by atoms with Gasteiger partial charge in [0.25, 0.3) is 0 Å². The topological polar surface area (TPSA) is 81.2 Å². The zero-order valence-corrected chi connectivity index (χ0v) is 13.1. The Morgan fingerprint density at radius 3 is 2.86 bits per heavy atom. The fourth-order valence-electron chi connectivity index (χ4n) is 2.21. The van der Waals surface area contributed by atoms with E-state index in [9.17, 15) is 4.79 Å². The number of hydrogen-bond acceptors (Lipinski definition) is 6. The summed E-state index contributed by atoms with van der Waals surface area (Å²) in [6, 6.07) is 7.31. The Morgan fingerprint density at radius 1 is 1.32 bits per heavy atom. The van der Waals surface area contributed by atoms with Crippen LogP contribution in [0.3, 0.4) is 0 Å². The maximum atomic E-state index is 11.7. The van der Waals surface area contributed by atoms with Crippen molar-refractivity contribution in [1.29, 1.82) is 0 Å². The molecule has 0 radical (unpaired) electrons. The Labute approximate surface area is 130 Å². The first-order valence-electron chi connectivity index (χ1n) is 6.74. The Bertz CT molecular complexity index is 885. The van der Waals surface area contributed by atoms with Gasteiger partial charge in [0.15, 0.2) is 11.0 Å². The quantitative estimate of drug-likeness (QED) is 0.585. The number of fused-ring (bicyclic) bond motifs is 1. The van der Waals surface area contributed by atoms with Gasteiger partial charge in [-0.05, 0) is 24.1 Å². The molecule has 0 fully saturated rings. The molecule has 0 aliphatic rings. The summed E-state index contributed by atoms with van der Waals surface area (Å²) in [6.07, 6.45) is 0. The Balaban J connectivity index is 1.93. The SMILES string of the molecule is Cc1ccc2c(CSc3nnc(CO)n3C)cc(=O)oc2c1. The van der Waals surface area contributed by atoms with Gasteiger partial charge in [-0.25, -0.2) is 4.79 Å². The second kappa shape index (κ2) is 5.94. The van der Waals surface area contributed by atoms with E-state index in [-0.39, 0.29) is 12.2 Å². The number of aliphatic hydroxyl groups is 1. The lowest BCUT2D eigenvalue weighted by molar-refractivity contribution is 0.266. The summed E-state index contributed by atoms with van der Waals surface area (Å²) in [5.41, 5.74) is 2.17. The molecule has 114 valence electrons. The lowest BCUT2D eigenvalue weighted by Crippen LogP contribution is -2.01. The fraction of sp³-hybridized carbons (Fsp3) is 0.267. The smallest absolute Gasteiger partial charge is 0.336 e. The summed E-state index contributed by atoms with van der Waals surface area (Å²) in [5, 5.41) is 18.7. The second-order valence-corrected chi connectivity index (χ2v) is 5.94. The van der Waals surface area contributed by atoms with Crippen LogP contribution in [0.25, 0.3) is 11.0 Å². The third-order valence-corrected chi connectivity index (χ3v) is 4.48. The zero-order chi connectivity index (χ0) is 15.7. The lowest BCUT2D eigenvalue weighted by atomic mass is 10.1. The van der Waals surface area contributed by atoms with E-state index in [4.69, 9.17) is 9.52 Å². The molecule has 2 aromatic heterocycles. The third kappa shape index (κ3) is 2.77. The Morgan fingerprint density at radius 2 is 2.14 bits per heavy atom. The molecule has 0 aliphatic heterocycles. The van der Waals surface area contributed by atoms with Gasteiger partial charge < -0.3 is 14.1 Å². The average molecular weight is 317 g/mol. The van der Waals surface area contributed by atoms with Crippen LogP contribution < -0.4 is 5.63 Å². The van der Waals surface area contributed by atoms with Crippen LogP contribution in [0.15, 0.2) is 38.6 Å². The maximum absolute atomic E-state index is 11.7. The summed E-state index contributed by atoms with van der Waals surface area (Å²) in [6.45, 7) is 1.80. The van der Waals surface area contributed by atoms with Crippen molar-refractivity contribution in [2.45, 2.75) is 24.4 Å². The standard InChI is InChI=1S/C15H15N3O3S/c1-9-3-4-11-10(6-14(20)21-12(11)5-9)8-22-15-17-16-13(7-19)18(15)2/h3-6,19H,7-8H2,1-2H3. The van der Waals surface area contributed by atoms with Crippen LogP contribution in [-0.2, 0) is 19.4 Å². The van der Waals surface area contributed by atoms with Crippen molar-refractivity contribution in [2.24, 2.45) is 7.05 Å². The lowest BCUT2D eigenvalue weighted by Gasteiger charge is -2.06. The number of nitrogens with zero attached hydrogens (tertiary/aromatic N) is 3. The first kappa shape index (κ1) is 14.8. The van der Waals surface area contributed by atoms with Crippen molar-refractivity contribution in [1.82, 2.24) is 14.8 Å². The van der Waals surface area contributed by atoms with Crippen LogP contribution >= 0.6 is 11.8 Å². The minimum Gasteiger partial charge on any atom is -0.423 e. The largest absolute Gasteiger partial charge is 0.423 e. The molecule has 0 saturated heterocycles. The first-order chi connectivity index (χ1) is 10.6. The normalized spacial score (nSPS) is 11.2. The molecule has 0 atom stereocenters. The van der Waals surface area contributed by atoms with Crippen LogP contribution in [0.4, 0.5) is 0 Å². The van der Waals surface area contributed by atoms with Gasteiger partial charge in [0.1, 0.15) is 12.2 Å². The van der Waals surface area contributed by atoms with E-state index in [1.165, 1.54) is 17.8 Å². The average Bonchev–Trinajstić information content (AvgIpc) is 2.84. The summed E-state index contributed by atoms with van der Waals surface area (Å²) < 4.78 is 6.99. The van der Waals surface area contributed by atoms with Gasteiger partial charge in [0, 0.05) is 24.3 Å². The molecule has 0 aliphatic carbocycles. The van der Waals surface area contributed by atoms with E-state index in [1.807, 2.05) is 25.1 Å². The number of benzene rings is 1. The van der Waals surface area contributed by atoms with Crippen molar-refractivity contribution >= 4 is 22.7 Å². The fourth-order valence-corrected chi connectivity index (χ4v) is 3.13. The second-order valence-electron chi connectivity index (χ2n) is 4.99. The molecular formula is C15H15N3O3S. The van der Waals surface area contributed by atoms with Gasteiger partial charge in [-0.15, -0.1) is 10.2 Å². The summed E-state index contributed by atoms with van der Waals surface area (Å²) in [4.78, 5) is 11.7. The highest BCUT2D eigenvalue weighted by molar-refractivity contribution is 7.98. The highest BCUT2D eigenvalue weighted by atomic mass is 32.2. The number of aromatic nitrogens is 3. The Hall–Kier alpha value is -2.12. The molecule has 22 heavy (non-hydrogen) atoms. The highest BCUT2D eigenvalue weighted by Crippen LogP contribution is 2.26. The predicted octanol–water partition coefficient (Wildman–Crippen LogP) is 2.01. The molecule has 3 aromatic rings. The van der Waals surface area contributed by atoms with Gasteiger partial charge in [-0.1, -0.05) is 23.9 Å². The minimum absolute atomic E-state index is 0.152. The van der Waals surface area contributed by atoms with E-state index in [1.54, 1.807) is 11.6 Å². The minimum atomic E-state index is -0.359. The van der Waals surface area contributed by atoms with Crippen LogP contribution in [-0.4, -0.2) is 19.9 Å². The number of thioether (sulfide) groups is 1. The molecule has 0 saturated carbocycles. The molecule has 1 aromatic carbocycles. The van der Waals surface area contributed by atoms with Crippen LogP contribution in [0, 0.1) is 6.92 Å². The number of aryl methyl sites for hydroxylation is 1. The highest BCUT2D eigenvalue weighted by Gasteiger charge is 2.11. The van der Waals surface area contributed by atoms with E-state index in [0.717, 1.165) is 16.5 Å². The van der Waals surface area contributed by atoms with Gasteiger partial charge in [0.05, 0.1) is 0 Å². The van der Waals surface area contributed by atoms with Crippen molar-refractivity contribution < 1.29 is 9.52 Å². The van der Waals surface area contributed by atoms with Crippen LogP contribution in [0.1, 0.15) is 17.0 Å². The zero-order valence-electron chi connectivity index (χ0n) is 12.2. The molecule has 7 heteroatoms. The van der Waals surface area contributed by atoms with E-state index < -0.39 is 0 Å². The van der Waals surface area contributed by atoms with Gasteiger partial charge >= 0.3 is 5.63 Å². The molecule has 6 nitrogen and oxygen atoms in total. The molecule has 0 spiro atoms. The van der Waals surface area contributed by atoms with Crippen molar-refractivity contribution in [3.8, 4) is 0 Å². The van der Waals surface area contributed by atoms with Crippen LogP contribution in [0.5, 0.6) is 0 Å². The molecule has 3 rings (SSSR count). The summed E-state index contributed by atoms with van der Waals surface area (Å²) in [7, 11) is 1.80. The predicted molar refractivity (Wildman–Crippen MR) is 83.7 cm³/mol. The molecule has 2 heterocycles.